The molecular weight excluding hydrogens is 160 g/mol. The fraction of sp³-hybridized carbons (Fsp3) is 0.667. The summed E-state index contributed by atoms with van der Waals surface area (Å²) in [6, 6.07) is 0.271. The van der Waals surface area contributed by atoms with Crippen molar-refractivity contribution >= 4 is 11.8 Å². The van der Waals surface area contributed by atoms with Gasteiger partial charge in [0.25, 0.3) is 0 Å². The predicted molar refractivity (Wildman–Crippen MR) is 43.4 cm³/mol. The molecule has 0 aromatic carbocycles. The number of nitrogens with zero attached hydrogens (tertiary/aromatic N) is 3. The monoisotopic (exact) mass is 169 g/mol. The van der Waals surface area contributed by atoms with Crippen LogP contribution >= 0.6 is 11.8 Å². The third-order valence-electron chi connectivity index (χ3n) is 1.64. The maximum Gasteiger partial charge on any atom is 0.102 e. The molecule has 1 radical (unpaired) electrons. The van der Waals surface area contributed by atoms with Gasteiger partial charge in [-0.3, -0.25) is 5.10 Å². The normalized spacial score (nSPS) is 25.3. The maximum absolute atomic E-state index is 4.43. The Kier molecular flexibility index (Phi) is 2.09. The maximum atomic E-state index is 4.43. The highest BCUT2D eigenvalue weighted by Gasteiger charge is 2.17. The van der Waals surface area contributed by atoms with Crippen LogP contribution in [0.4, 0.5) is 0 Å². The molecule has 2 heterocycles. The van der Waals surface area contributed by atoms with Gasteiger partial charge >= 0.3 is 0 Å². The average molecular weight is 169 g/mol. The van der Waals surface area contributed by atoms with Crippen LogP contribution in [-0.4, -0.2) is 33.5 Å². The van der Waals surface area contributed by atoms with E-state index in [4.69, 9.17) is 0 Å². The van der Waals surface area contributed by atoms with E-state index < -0.39 is 0 Å². The van der Waals surface area contributed by atoms with Crippen molar-refractivity contribution in [2.24, 2.45) is 0 Å². The summed E-state index contributed by atoms with van der Waals surface area (Å²) in [5, 5.41) is 14.7. The van der Waals surface area contributed by atoms with Crippen molar-refractivity contribution in [3.8, 4) is 0 Å². The lowest BCUT2D eigenvalue weighted by atomic mass is 10.2. The van der Waals surface area contributed by atoms with E-state index in [0.29, 0.717) is 0 Å². The summed E-state index contributed by atoms with van der Waals surface area (Å²) in [5.41, 5.74) is 0.970. The molecule has 1 aromatic rings. The minimum Gasteiger partial charge on any atom is -0.265 e. The Morgan fingerprint density at radius 3 is 3.27 bits per heavy atom. The number of thioether (sulfide) groups is 1. The fourth-order valence-corrected chi connectivity index (χ4v) is 1.97. The third kappa shape index (κ3) is 1.54. The fourth-order valence-electron chi connectivity index (χ4n) is 1.07. The van der Waals surface area contributed by atoms with Crippen LogP contribution < -0.4 is 5.32 Å². The van der Waals surface area contributed by atoms with Gasteiger partial charge in [-0.15, -0.1) is 5.10 Å². The minimum absolute atomic E-state index is 0.271. The van der Waals surface area contributed by atoms with Crippen LogP contribution in [0.2, 0.25) is 0 Å². The lowest BCUT2D eigenvalue weighted by Gasteiger charge is -2.18. The highest BCUT2D eigenvalue weighted by Crippen LogP contribution is 2.20. The number of aromatic nitrogens is 3. The van der Waals surface area contributed by atoms with Crippen LogP contribution in [0, 0.1) is 0 Å². The summed E-state index contributed by atoms with van der Waals surface area (Å²) in [6.45, 7) is 0.947. The second kappa shape index (κ2) is 3.23. The number of rotatable bonds is 1. The quantitative estimate of drug-likeness (QED) is 0.653. The molecule has 0 saturated carbocycles. The summed E-state index contributed by atoms with van der Waals surface area (Å²) in [7, 11) is 0. The van der Waals surface area contributed by atoms with E-state index in [0.717, 1.165) is 23.7 Å². The highest BCUT2D eigenvalue weighted by molar-refractivity contribution is 7.99. The largest absolute Gasteiger partial charge is 0.265 e. The zero-order valence-corrected chi connectivity index (χ0v) is 6.84. The van der Waals surface area contributed by atoms with Gasteiger partial charge in [-0.1, -0.05) is 5.21 Å². The van der Waals surface area contributed by atoms with Crippen LogP contribution in [0.25, 0.3) is 0 Å². The number of H-pyrrole nitrogens is 1. The van der Waals surface area contributed by atoms with E-state index in [1.807, 2.05) is 18.0 Å². The summed E-state index contributed by atoms with van der Waals surface area (Å²) in [5.74, 6) is 2.20. The van der Waals surface area contributed by atoms with Crippen LogP contribution in [0.5, 0.6) is 0 Å². The summed E-state index contributed by atoms with van der Waals surface area (Å²) >= 11 is 1.93. The first-order valence-corrected chi connectivity index (χ1v) is 4.73. The molecule has 1 aliphatic heterocycles. The van der Waals surface area contributed by atoms with Crippen molar-refractivity contribution in [2.75, 3.05) is 18.1 Å². The molecule has 1 saturated heterocycles. The standard InChI is InChI=1S/C6H9N4S/c1-2-11-4-6(7-1)5-3-8-10-9-5/h3,6H,1-2,4H2,(H,8,9,10). The van der Waals surface area contributed by atoms with Gasteiger partial charge in [0.15, 0.2) is 0 Å². The molecule has 5 heteroatoms. The van der Waals surface area contributed by atoms with Crippen LogP contribution in [0.15, 0.2) is 6.20 Å². The van der Waals surface area contributed by atoms with Crippen LogP contribution in [0.1, 0.15) is 11.7 Å². The average Bonchev–Trinajstić information content (AvgIpc) is 2.58. The first-order chi connectivity index (χ1) is 5.47. The molecule has 1 unspecified atom stereocenters. The van der Waals surface area contributed by atoms with E-state index in [2.05, 4.69) is 20.7 Å². The molecule has 2 rings (SSSR count). The summed E-state index contributed by atoms with van der Waals surface area (Å²) < 4.78 is 0. The van der Waals surface area contributed by atoms with Crippen LogP contribution in [-0.2, 0) is 0 Å². The van der Waals surface area contributed by atoms with Crippen molar-refractivity contribution < 1.29 is 0 Å². The van der Waals surface area contributed by atoms with Gasteiger partial charge in [0.05, 0.1) is 6.04 Å². The molecule has 4 nitrogen and oxygen atoms in total. The Bertz CT molecular complexity index is 204. The van der Waals surface area contributed by atoms with E-state index in [1.54, 1.807) is 0 Å². The molecule has 0 spiro atoms. The SMILES string of the molecule is c1[nH]nnc1C1CSCC[N]1. The molecule has 59 valence electrons. The van der Waals surface area contributed by atoms with Crippen molar-refractivity contribution in [3.05, 3.63) is 11.9 Å². The molecule has 1 aliphatic rings. The van der Waals surface area contributed by atoms with Crippen molar-refractivity contribution in [2.45, 2.75) is 6.04 Å². The van der Waals surface area contributed by atoms with Gasteiger partial charge in [0, 0.05) is 24.2 Å². The first kappa shape index (κ1) is 7.12. The lowest BCUT2D eigenvalue weighted by molar-refractivity contribution is 0.566. The molecule has 1 aromatic heterocycles. The number of aromatic amines is 1. The Labute approximate surface area is 69.1 Å². The van der Waals surface area contributed by atoms with Crippen molar-refractivity contribution in [1.29, 1.82) is 0 Å². The Balaban J connectivity index is 2.04. The zero-order valence-electron chi connectivity index (χ0n) is 6.03. The number of hydrogen-bond acceptors (Lipinski definition) is 3. The zero-order chi connectivity index (χ0) is 7.52. The molecular formula is C6H9N4S. The van der Waals surface area contributed by atoms with E-state index in [1.165, 1.54) is 0 Å². The molecule has 1 N–H and O–H groups in total. The van der Waals surface area contributed by atoms with Crippen LogP contribution in [0.3, 0.4) is 0 Å². The lowest BCUT2D eigenvalue weighted by Crippen LogP contribution is -2.24. The van der Waals surface area contributed by atoms with Gasteiger partial charge in [-0.25, -0.2) is 5.32 Å². The minimum atomic E-state index is 0.271. The molecule has 1 atom stereocenters. The van der Waals surface area contributed by atoms with E-state index >= 15 is 0 Å². The smallest absolute Gasteiger partial charge is 0.102 e. The van der Waals surface area contributed by atoms with Gasteiger partial charge in [-0.05, 0) is 0 Å². The predicted octanol–water partition coefficient (Wildman–Crippen LogP) is 0.197. The second-order valence-electron chi connectivity index (χ2n) is 2.40. The second-order valence-corrected chi connectivity index (χ2v) is 3.55. The van der Waals surface area contributed by atoms with E-state index in [-0.39, 0.29) is 6.04 Å². The summed E-state index contributed by atoms with van der Waals surface area (Å²) in [6.07, 6.45) is 1.82. The molecule has 0 aliphatic carbocycles. The summed E-state index contributed by atoms with van der Waals surface area (Å²) in [4.78, 5) is 0. The Hall–Kier alpha value is -0.550. The number of nitrogens with one attached hydrogen (secondary N) is 1. The van der Waals surface area contributed by atoms with Gasteiger partial charge in [0.1, 0.15) is 5.69 Å². The first-order valence-electron chi connectivity index (χ1n) is 3.57. The highest BCUT2D eigenvalue weighted by atomic mass is 32.2. The van der Waals surface area contributed by atoms with Gasteiger partial charge in [0.2, 0.25) is 0 Å². The van der Waals surface area contributed by atoms with E-state index in [9.17, 15) is 0 Å². The topological polar surface area (TPSA) is 55.7 Å². The molecule has 1 fully saturated rings. The van der Waals surface area contributed by atoms with Crippen molar-refractivity contribution in [1.82, 2.24) is 20.7 Å². The van der Waals surface area contributed by atoms with Crippen molar-refractivity contribution in [3.63, 3.8) is 0 Å². The Morgan fingerprint density at radius 1 is 1.64 bits per heavy atom. The van der Waals surface area contributed by atoms with Gasteiger partial charge in [-0.2, -0.15) is 11.8 Å². The molecule has 0 bridgehead atoms. The molecule has 11 heavy (non-hydrogen) atoms. The van der Waals surface area contributed by atoms with Gasteiger partial charge < -0.3 is 0 Å². The third-order valence-corrected chi connectivity index (χ3v) is 2.66. The molecule has 0 amide bonds. The Morgan fingerprint density at radius 2 is 2.64 bits per heavy atom. The number of hydrogen-bond donors (Lipinski definition) is 1.